The third-order valence-corrected chi connectivity index (χ3v) is 3.74. The van der Waals surface area contributed by atoms with Gasteiger partial charge in [-0.3, -0.25) is 4.90 Å². The molecule has 0 aromatic heterocycles. The van der Waals surface area contributed by atoms with Crippen LogP contribution in [0.25, 0.3) is 0 Å². The van der Waals surface area contributed by atoms with Crippen LogP contribution in [-0.4, -0.2) is 28.6 Å². The zero-order valence-electron chi connectivity index (χ0n) is 6.38. The zero-order chi connectivity index (χ0) is 6.93. The Bertz CT molecular complexity index is 190. The highest BCUT2D eigenvalue weighted by Gasteiger charge is 2.65. The van der Waals surface area contributed by atoms with Gasteiger partial charge in [-0.25, -0.2) is 0 Å². The van der Waals surface area contributed by atoms with E-state index in [2.05, 4.69) is 11.8 Å². The molecule has 2 N–H and O–H groups in total. The minimum atomic E-state index is 0.501. The van der Waals surface area contributed by atoms with Crippen molar-refractivity contribution in [3.8, 4) is 0 Å². The molecule has 0 bridgehead atoms. The van der Waals surface area contributed by atoms with E-state index in [1.807, 2.05) is 0 Å². The minimum absolute atomic E-state index is 0.501. The van der Waals surface area contributed by atoms with Crippen LogP contribution in [0.15, 0.2) is 0 Å². The molecule has 0 aromatic rings. The number of hydrogen-bond donors (Lipinski definition) is 1. The Labute approximate surface area is 61.4 Å². The molecule has 3 fully saturated rings. The molecule has 10 heavy (non-hydrogen) atoms. The summed E-state index contributed by atoms with van der Waals surface area (Å²) >= 11 is 0. The highest BCUT2D eigenvalue weighted by molar-refractivity contribution is 5.22. The highest BCUT2D eigenvalue weighted by atomic mass is 15.4. The summed E-state index contributed by atoms with van der Waals surface area (Å²) in [6, 6.07) is 2.14. The molecule has 56 valence electrons. The van der Waals surface area contributed by atoms with Crippen LogP contribution in [0.4, 0.5) is 0 Å². The summed E-state index contributed by atoms with van der Waals surface area (Å²) in [6.07, 6.45) is 4.04. The van der Waals surface area contributed by atoms with Crippen LogP contribution in [0.2, 0.25) is 0 Å². The maximum atomic E-state index is 5.95. The number of nitrogens with two attached hydrogens (primary N) is 1. The summed E-state index contributed by atoms with van der Waals surface area (Å²) in [5.41, 5.74) is 6.55. The SMILES string of the molecule is C[C@]12C[C@@H]3C[C@@H](N)[C@@H](C1)N32. The van der Waals surface area contributed by atoms with Gasteiger partial charge in [0.15, 0.2) is 0 Å². The van der Waals surface area contributed by atoms with Crippen molar-refractivity contribution in [2.45, 2.75) is 49.9 Å². The quantitative estimate of drug-likeness (QED) is 0.522. The van der Waals surface area contributed by atoms with Crippen LogP contribution in [0.3, 0.4) is 0 Å². The van der Waals surface area contributed by atoms with E-state index in [9.17, 15) is 0 Å². The van der Waals surface area contributed by atoms with Gasteiger partial charge in [-0.1, -0.05) is 0 Å². The first-order valence-electron chi connectivity index (χ1n) is 4.25. The monoisotopic (exact) mass is 138 g/mol. The standard InChI is InChI=1S/C8H14N2/c1-8-3-5-2-6(9)7(4-8)10(5)8/h5-7H,2-4,9H2,1H3/t5-,6+,7+,8-/m0/s1. The molecule has 3 aliphatic heterocycles. The van der Waals surface area contributed by atoms with Crippen LogP contribution in [0.1, 0.15) is 26.2 Å². The largest absolute Gasteiger partial charge is 0.326 e. The molecule has 0 spiro atoms. The summed E-state index contributed by atoms with van der Waals surface area (Å²) in [5.74, 6) is 0. The molecular formula is C8H14N2. The first-order valence-corrected chi connectivity index (χ1v) is 4.25. The van der Waals surface area contributed by atoms with E-state index in [0.29, 0.717) is 11.6 Å². The van der Waals surface area contributed by atoms with Gasteiger partial charge in [0, 0.05) is 23.7 Å². The highest BCUT2D eigenvalue weighted by Crippen LogP contribution is 2.57. The van der Waals surface area contributed by atoms with Crippen molar-refractivity contribution >= 4 is 0 Å². The van der Waals surface area contributed by atoms with Gasteiger partial charge in [0.2, 0.25) is 0 Å². The van der Waals surface area contributed by atoms with Gasteiger partial charge < -0.3 is 5.73 Å². The van der Waals surface area contributed by atoms with Gasteiger partial charge in [-0.2, -0.15) is 0 Å². The van der Waals surface area contributed by atoms with E-state index >= 15 is 0 Å². The van der Waals surface area contributed by atoms with Crippen molar-refractivity contribution in [1.29, 1.82) is 0 Å². The lowest BCUT2D eigenvalue weighted by atomic mass is 9.69. The Morgan fingerprint density at radius 1 is 1.50 bits per heavy atom. The summed E-state index contributed by atoms with van der Waals surface area (Å²) in [6.45, 7) is 2.37. The smallest absolute Gasteiger partial charge is 0.0273 e. The van der Waals surface area contributed by atoms with E-state index in [1.165, 1.54) is 19.3 Å². The Morgan fingerprint density at radius 3 is 2.80 bits per heavy atom. The van der Waals surface area contributed by atoms with Crippen molar-refractivity contribution in [3.05, 3.63) is 0 Å². The Kier molecular flexibility index (Phi) is 0.710. The number of rotatable bonds is 0. The maximum Gasteiger partial charge on any atom is 0.0273 e. The molecule has 0 saturated carbocycles. The van der Waals surface area contributed by atoms with Crippen LogP contribution in [0, 0.1) is 0 Å². The lowest BCUT2D eigenvalue weighted by molar-refractivity contribution is -0.154. The predicted octanol–water partition coefficient (Wildman–Crippen LogP) is 0.323. The van der Waals surface area contributed by atoms with E-state index in [1.54, 1.807) is 0 Å². The summed E-state index contributed by atoms with van der Waals surface area (Å²) in [7, 11) is 0. The molecule has 3 rings (SSSR count). The second-order valence-corrected chi connectivity index (χ2v) is 4.43. The fraction of sp³-hybridized carbons (Fsp3) is 1.00. The van der Waals surface area contributed by atoms with E-state index in [4.69, 9.17) is 5.73 Å². The molecule has 4 atom stereocenters. The van der Waals surface area contributed by atoms with Crippen molar-refractivity contribution in [2.24, 2.45) is 5.73 Å². The maximum absolute atomic E-state index is 5.95. The van der Waals surface area contributed by atoms with Crippen molar-refractivity contribution in [2.75, 3.05) is 0 Å². The Morgan fingerprint density at radius 2 is 2.30 bits per heavy atom. The molecule has 0 radical (unpaired) electrons. The second kappa shape index (κ2) is 1.28. The van der Waals surface area contributed by atoms with E-state index in [-0.39, 0.29) is 0 Å². The molecule has 0 aliphatic carbocycles. The van der Waals surface area contributed by atoms with E-state index in [0.717, 1.165) is 12.1 Å². The fourth-order valence-electron chi connectivity index (χ4n) is 3.36. The van der Waals surface area contributed by atoms with Crippen LogP contribution in [-0.2, 0) is 0 Å². The lowest BCUT2D eigenvalue weighted by Gasteiger charge is -2.65. The number of piperidine rings is 1. The minimum Gasteiger partial charge on any atom is -0.326 e. The summed E-state index contributed by atoms with van der Waals surface area (Å²) in [4.78, 5) is 2.64. The van der Waals surface area contributed by atoms with Gasteiger partial charge in [0.05, 0.1) is 0 Å². The molecule has 3 heterocycles. The molecule has 3 aliphatic rings. The molecule has 2 nitrogen and oxygen atoms in total. The number of hydrogen-bond acceptors (Lipinski definition) is 2. The van der Waals surface area contributed by atoms with Crippen LogP contribution >= 0.6 is 0 Å². The average molecular weight is 138 g/mol. The summed E-state index contributed by atoms with van der Waals surface area (Å²) in [5, 5.41) is 0. The zero-order valence-corrected chi connectivity index (χ0v) is 6.38. The number of nitrogens with zero attached hydrogens (tertiary/aromatic N) is 1. The molecule has 2 heteroatoms. The first-order chi connectivity index (χ1) is 4.71. The van der Waals surface area contributed by atoms with Crippen LogP contribution in [0.5, 0.6) is 0 Å². The molecule has 0 aromatic carbocycles. The molecule has 3 saturated heterocycles. The van der Waals surface area contributed by atoms with Crippen molar-refractivity contribution < 1.29 is 0 Å². The third-order valence-electron chi connectivity index (χ3n) is 3.74. The lowest BCUT2D eigenvalue weighted by Crippen LogP contribution is -2.74. The Hall–Kier alpha value is -0.0800. The third kappa shape index (κ3) is 0.372. The first kappa shape index (κ1) is 5.56. The van der Waals surface area contributed by atoms with Crippen molar-refractivity contribution in [1.82, 2.24) is 4.90 Å². The van der Waals surface area contributed by atoms with Gasteiger partial charge in [-0.15, -0.1) is 0 Å². The van der Waals surface area contributed by atoms with Crippen molar-refractivity contribution in [3.63, 3.8) is 0 Å². The normalized spacial score (nSPS) is 64.8. The predicted molar refractivity (Wildman–Crippen MR) is 39.6 cm³/mol. The molecule has 0 amide bonds. The van der Waals surface area contributed by atoms with Gasteiger partial charge >= 0.3 is 0 Å². The van der Waals surface area contributed by atoms with E-state index < -0.39 is 0 Å². The Balaban J connectivity index is 1.93. The summed E-state index contributed by atoms with van der Waals surface area (Å²) < 4.78 is 0. The molecular weight excluding hydrogens is 124 g/mol. The topological polar surface area (TPSA) is 29.3 Å². The van der Waals surface area contributed by atoms with Crippen LogP contribution < -0.4 is 5.73 Å². The van der Waals surface area contributed by atoms with Gasteiger partial charge in [-0.05, 0) is 26.2 Å². The second-order valence-electron chi connectivity index (χ2n) is 4.43. The molecule has 0 unspecified atom stereocenters. The fourth-order valence-corrected chi connectivity index (χ4v) is 3.36. The average Bonchev–Trinajstić information content (AvgIpc) is 1.92. The van der Waals surface area contributed by atoms with Gasteiger partial charge in [0.1, 0.15) is 0 Å². The van der Waals surface area contributed by atoms with Gasteiger partial charge in [0.25, 0.3) is 0 Å².